The quantitative estimate of drug-likeness (QED) is 0.151. The molecular formula is C60H39N3S2. The number of para-hydroxylation sites is 4. The van der Waals surface area contributed by atoms with E-state index in [0.29, 0.717) is 0 Å². The molecule has 0 fully saturated rings. The molecule has 5 heteroatoms. The van der Waals surface area contributed by atoms with E-state index >= 15 is 0 Å². The third-order valence-electron chi connectivity index (χ3n) is 12.7. The van der Waals surface area contributed by atoms with Gasteiger partial charge in [0.05, 0.1) is 16.7 Å². The van der Waals surface area contributed by atoms with Gasteiger partial charge in [-0.15, -0.1) is 22.7 Å². The van der Waals surface area contributed by atoms with Crippen LogP contribution in [0.25, 0.3) is 79.0 Å². The van der Waals surface area contributed by atoms with E-state index in [1.54, 1.807) is 0 Å². The number of benzene rings is 10. The van der Waals surface area contributed by atoms with Crippen molar-refractivity contribution in [1.82, 2.24) is 4.57 Å². The molecule has 10 aromatic carbocycles. The average molecular weight is 866 g/mol. The predicted octanol–water partition coefficient (Wildman–Crippen LogP) is 18.1. The van der Waals surface area contributed by atoms with E-state index in [0.717, 1.165) is 50.9 Å². The molecule has 0 N–H and O–H groups in total. The van der Waals surface area contributed by atoms with Crippen LogP contribution in [0.3, 0.4) is 0 Å². The summed E-state index contributed by atoms with van der Waals surface area (Å²) in [7, 11) is 0. The first-order chi connectivity index (χ1) is 32.2. The fraction of sp³-hybridized carbons (Fsp3) is 0. The Morgan fingerprint density at radius 2 is 0.800 bits per heavy atom. The maximum absolute atomic E-state index is 2.45. The first-order valence-electron chi connectivity index (χ1n) is 22.0. The molecule has 13 rings (SSSR count). The van der Waals surface area contributed by atoms with E-state index < -0.39 is 0 Å². The van der Waals surface area contributed by atoms with Gasteiger partial charge in [-0.2, -0.15) is 0 Å². The molecular weight excluding hydrogens is 827 g/mol. The topological polar surface area (TPSA) is 11.4 Å². The lowest BCUT2D eigenvalue weighted by molar-refractivity contribution is 1.18. The van der Waals surface area contributed by atoms with Gasteiger partial charge >= 0.3 is 0 Å². The Kier molecular flexibility index (Phi) is 8.90. The second-order valence-corrected chi connectivity index (χ2v) is 18.7. The molecule has 0 aliphatic carbocycles. The Morgan fingerprint density at radius 3 is 1.52 bits per heavy atom. The number of aromatic nitrogens is 1. The van der Waals surface area contributed by atoms with E-state index in [4.69, 9.17) is 0 Å². The molecule has 0 atom stereocenters. The Hall–Kier alpha value is -7.96. The van der Waals surface area contributed by atoms with Gasteiger partial charge in [0.1, 0.15) is 0 Å². The highest BCUT2D eigenvalue weighted by Gasteiger charge is 2.22. The zero-order chi connectivity index (χ0) is 42.8. The van der Waals surface area contributed by atoms with Crippen LogP contribution in [0.5, 0.6) is 0 Å². The number of thiophene rings is 2. The van der Waals surface area contributed by atoms with Gasteiger partial charge in [-0.1, -0.05) is 127 Å². The normalized spacial score (nSPS) is 11.7. The monoisotopic (exact) mass is 865 g/mol. The Morgan fingerprint density at radius 1 is 0.292 bits per heavy atom. The summed E-state index contributed by atoms with van der Waals surface area (Å²) in [5, 5.41) is 7.68. The second kappa shape index (κ2) is 15.4. The van der Waals surface area contributed by atoms with Crippen molar-refractivity contribution in [3.8, 4) is 16.8 Å². The van der Waals surface area contributed by atoms with E-state index in [1.807, 2.05) is 22.7 Å². The van der Waals surface area contributed by atoms with Crippen molar-refractivity contribution in [2.75, 3.05) is 9.80 Å². The van der Waals surface area contributed by atoms with Gasteiger partial charge in [0.25, 0.3) is 0 Å². The molecule has 0 aliphatic heterocycles. The number of nitrogens with zero attached hydrogens (tertiary/aromatic N) is 3. The number of fused-ring (bicyclic) bond motifs is 9. The molecule has 13 aromatic rings. The first kappa shape index (κ1) is 37.6. The minimum Gasteiger partial charge on any atom is -0.310 e. The summed E-state index contributed by atoms with van der Waals surface area (Å²) in [4.78, 5) is 4.78. The zero-order valence-electron chi connectivity index (χ0n) is 35.2. The van der Waals surface area contributed by atoms with Gasteiger partial charge in [-0.05, 0) is 115 Å². The van der Waals surface area contributed by atoms with Gasteiger partial charge < -0.3 is 14.4 Å². The highest BCUT2D eigenvalue weighted by atomic mass is 32.1. The molecule has 0 saturated carbocycles. The van der Waals surface area contributed by atoms with Gasteiger partial charge in [0.15, 0.2) is 0 Å². The molecule has 65 heavy (non-hydrogen) atoms. The van der Waals surface area contributed by atoms with Crippen LogP contribution in [0, 0.1) is 0 Å². The molecule has 0 radical (unpaired) electrons. The molecule has 0 aliphatic rings. The van der Waals surface area contributed by atoms with Crippen LogP contribution in [-0.2, 0) is 0 Å². The molecule has 0 saturated heterocycles. The van der Waals surface area contributed by atoms with Gasteiger partial charge in [-0.3, -0.25) is 0 Å². The van der Waals surface area contributed by atoms with Crippen molar-refractivity contribution in [2.45, 2.75) is 0 Å². The van der Waals surface area contributed by atoms with Gasteiger partial charge in [0, 0.05) is 90.8 Å². The molecule has 3 heterocycles. The SMILES string of the molecule is c1ccc(N(c2ccc(-c3ccccc3N(c3ccccc3)c3ccc4c5cc6sc7ccccc7c6cc5n(-c5ccccc5)c4c3)cc2)c2ccc3sc4ccccc4c3c2)cc1. The van der Waals surface area contributed by atoms with Crippen LogP contribution in [0.2, 0.25) is 0 Å². The summed E-state index contributed by atoms with van der Waals surface area (Å²) >= 11 is 3.72. The number of rotatable bonds is 8. The molecule has 0 bridgehead atoms. The Bertz CT molecular complexity index is 3890. The van der Waals surface area contributed by atoms with Crippen molar-refractivity contribution < 1.29 is 0 Å². The van der Waals surface area contributed by atoms with Crippen molar-refractivity contribution >= 4 is 119 Å². The summed E-state index contributed by atoms with van der Waals surface area (Å²) in [5.74, 6) is 0. The number of hydrogen-bond acceptors (Lipinski definition) is 4. The van der Waals surface area contributed by atoms with Crippen LogP contribution < -0.4 is 9.80 Å². The van der Waals surface area contributed by atoms with Crippen LogP contribution in [0.15, 0.2) is 237 Å². The summed E-state index contributed by atoms with van der Waals surface area (Å²) < 4.78 is 7.69. The predicted molar refractivity (Wildman–Crippen MR) is 281 cm³/mol. The van der Waals surface area contributed by atoms with Crippen molar-refractivity contribution in [2.24, 2.45) is 0 Å². The summed E-state index contributed by atoms with van der Waals surface area (Å²) in [5.41, 5.74) is 12.5. The Balaban J connectivity index is 0.955. The molecule has 306 valence electrons. The van der Waals surface area contributed by atoms with E-state index in [1.165, 1.54) is 62.2 Å². The Labute approximate surface area is 384 Å². The first-order valence-corrected chi connectivity index (χ1v) is 23.6. The van der Waals surface area contributed by atoms with E-state index in [-0.39, 0.29) is 0 Å². The maximum atomic E-state index is 2.45. The van der Waals surface area contributed by atoms with Crippen molar-refractivity contribution in [1.29, 1.82) is 0 Å². The number of hydrogen-bond donors (Lipinski definition) is 0. The smallest absolute Gasteiger partial charge is 0.0561 e. The van der Waals surface area contributed by atoms with Gasteiger partial charge in [0.2, 0.25) is 0 Å². The summed E-state index contributed by atoms with van der Waals surface area (Å²) in [6, 6.07) is 86.3. The van der Waals surface area contributed by atoms with E-state index in [2.05, 4.69) is 251 Å². The largest absolute Gasteiger partial charge is 0.310 e. The second-order valence-electron chi connectivity index (χ2n) is 16.5. The maximum Gasteiger partial charge on any atom is 0.0561 e. The van der Waals surface area contributed by atoms with Crippen molar-refractivity contribution in [3.05, 3.63) is 237 Å². The van der Waals surface area contributed by atoms with Gasteiger partial charge in [-0.25, -0.2) is 0 Å². The molecule has 3 nitrogen and oxygen atoms in total. The zero-order valence-corrected chi connectivity index (χ0v) is 36.8. The summed E-state index contributed by atoms with van der Waals surface area (Å²) in [6.07, 6.45) is 0. The summed E-state index contributed by atoms with van der Waals surface area (Å²) in [6.45, 7) is 0. The van der Waals surface area contributed by atoms with E-state index in [9.17, 15) is 0 Å². The third-order valence-corrected chi connectivity index (χ3v) is 15.0. The minimum absolute atomic E-state index is 1.09. The standard InChI is InChI=1S/C60H39N3S2/c1-4-16-41(17-5-1)61(45-33-35-59-52(36-45)49-23-11-14-26-57(49)64-59)44-30-28-40(29-31-44)47-22-10-13-25-54(47)62(42-18-6-2-7-19-42)46-32-34-48-51-39-60-53(50-24-12-15-27-58(50)65-60)38-56(51)63(55(48)37-46)43-20-8-3-9-21-43/h1-39H. The highest BCUT2D eigenvalue weighted by Crippen LogP contribution is 2.46. The molecule has 3 aromatic heterocycles. The van der Waals surface area contributed by atoms with Crippen LogP contribution in [0.4, 0.5) is 34.1 Å². The minimum atomic E-state index is 1.09. The van der Waals surface area contributed by atoms with Crippen molar-refractivity contribution in [3.63, 3.8) is 0 Å². The van der Waals surface area contributed by atoms with Crippen LogP contribution in [0.1, 0.15) is 0 Å². The average Bonchev–Trinajstić information content (AvgIpc) is 4.03. The third kappa shape index (κ3) is 6.31. The molecule has 0 amide bonds. The lowest BCUT2D eigenvalue weighted by atomic mass is 10.0. The number of anilines is 6. The van der Waals surface area contributed by atoms with Crippen LogP contribution >= 0.6 is 22.7 Å². The highest BCUT2D eigenvalue weighted by molar-refractivity contribution is 7.26. The fourth-order valence-electron chi connectivity index (χ4n) is 9.80. The molecule has 0 unspecified atom stereocenters. The lowest BCUT2D eigenvalue weighted by Gasteiger charge is -2.28. The lowest BCUT2D eigenvalue weighted by Crippen LogP contribution is -2.11. The van der Waals surface area contributed by atoms with Crippen LogP contribution in [-0.4, -0.2) is 4.57 Å². The molecule has 0 spiro atoms. The fourth-order valence-corrected chi connectivity index (χ4v) is 12.0.